The Morgan fingerprint density at radius 3 is 2.64 bits per heavy atom. The van der Waals surface area contributed by atoms with Crippen LogP contribution in [0.4, 0.5) is 5.69 Å². The molecule has 28 heavy (non-hydrogen) atoms. The molecule has 0 amide bonds. The Kier molecular flexibility index (Phi) is 4.58. The fourth-order valence-corrected chi connectivity index (χ4v) is 3.54. The van der Waals surface area contributed by atoms with Gasteiger partial charge in [-0.15, -0.1) is 21.5 Å². The summed E-state index contributed by atoms with van der Waals surface area (Å²) in [5.41, 5.74) is 0.501. The van der Waals surface area contributed by atoms with Gasteiger partial charge in [0.15, 0.2) is 6.10 Å². The van der Waals surface area contributed by atoms with Gasteiger partial charge < -0.3 is 9.15 Å². The number of non-ortho nitro benzene ring substituents is 1. The molecule has 0 fully saturated rings. The third-order valence-electron chi connectivity index (χ3n) is 4.02. The first-order valence-corrected chi connectivity index (χ1v) is 9.11. The molecule has 0 aliphatic carbocycles. The molecule has 140 valence electrons. The van der Waals surface area contributed by atoms with Crippen molar-refractivity contribution in [3.8, 4) is 11.5 Å². The van der Waals surface area contributed by atoms with Gasteiger partial charge in [0.05, 0.1) is 4.92 Å². The van der Waals surface area contributed by atoms with E-state index in [-0.39, 0.29) is 17.5 Å². The van der Waals surface area contributed by atoms with Crippen molar-refractivity contribution in [3.63, 3.8) is 0 Å². The van der Waals surface area contributed by atoms with Gasteiger partial charge in [0.25, 0.3) is 11.6 Å². The van der Waals surface area contributed by atoms with Gasteiger partial charge in [-0.25, -0.2) is 4.79 Å². The highest BCUT2D eigenvalue weighted by molar-refractivity contribution is 7.20. The largest absolute Gasteiger partial charge is 0.448 e. The predicted octanol–water partition coefficient (Wildman–Crippen LogP) is 4.78. The number of rotatable bonds is 5. The highest BCUT2D eigenvalue weighted by Gasteiger charge is 2.21. The van der Waals surface area contributed by atoms with Gasteiger partial charge in [-0.3, -0.25) is 10.1 Å². The van der Waals surface area contributed by atoms with Crippen LogP contribution in [0, 0.1) is 10.1 Å². The average molecular weight is 395 g/mol. The minimum absolute atomic E-state index is 0.0332. The molecule has 8 nitrogen and oxygen atoms in total. The van der Waals surface area contributed by atoms with Crippen LogP contribution in [-0.2, 0) is 4.74 Å². The third-order valence-corrected chi connectivity index (χ3v) is 5.12. The van der Waals surface area contributed by atoms with E-state index in [2.05, 4.69) is 10.2 Å². The Morgan fingerprint density at radius 2 is 1.93 bits per heavy atom. The number of carbonyl (C=O) groups excluding carboxylic acids is 1. The molecule has 9 heteroatoms. The van der Waals surface area contributed by atoms with Crippen LogP contribution in [0.15, 0.2) is 59.0 Å². The lowest BCUT2D eigenvalue weighted by Gasteiger charge is -2.07. The summed E-state index contributed by atoms with van der Waals surface area (Å²) in [5.74, 6) is -0.138. The van der Waals surface area contributed by atoms with Crippen LogP contribution in [0.25, 0.3) is 21.5 Å². The van der Waals surface area contributed by atoms with Gasteiger partial charge in [0, 0.05) is 22.4 Å². The van der Waals surface area contributed by atoms with E-state index in [1.54, 1.807) is 13.0 Å². The Hall–Kier alpha value is -3.59. The zero-order valence-electron chi connectivity index (χ0n) is 14.6. The predicted molar refractivity (Wildman–Crippen MR) is 102 cm³/mol. The number of nitro benzene ring substituents is 1. The van der Waals surface area contributed by atoms with Crippen molar-refractivity contribution in [2.45, 2.75) is 13.0 Å². The minimum atomic E-state index is -0.739. The fourth-order valence-electron chi connectivity index (χ4n) is 2.59. The highest BCUT2D eigenvalue weighted by atomic mass is 32.1. The van der Waals surface area contributed by atoms with Crippen LogP contribution in [-0.4, -0.2) is 21.1 Å². The molecular formula is C19H13N3O5S. The van der Waals surface area contributed by atoms with E-state index >= 15 is 0 Å². The normalized spacial score (nSPS) is 12.0. The summed E-state index contributed by atoms with van der Waals surface area (Å²) in [6.45, 7) is 1.64. The van der Waals surface area contributed by atoms with E-state index in [1.807, 2.05) is 24.3 Å². The van der Waals surface area contributed by atoms with Crippen molar-refractivity contribution in [1.29, 1.82) is 0 Å². The number of fused-ring (bicyclic) bond motifs is 1. The van der Waals surface area contributed by atoms with Gasteiger partial charge in [0.2, 0.25) is 5.89 Å². The first-order chi connectivity index (χ1) is 13.5. The van der Waals surface area contributed by atoms with Crippen LogP contribution in [0.2, 0.25) is 0 Å². The lowest BCUT2D eigenvalue weighted by atomic mass is 10.2. The van der Waals surface area contributed by atoms with Crippen LogP contribution >= 0.6 is 11.3 Å². The molecule has 2 aromatic carbocycles. The van der Waals surface area contributed by atoms with E-state index in [0.717, 1.165) is 10.1 Å². The third kappa shape index (κ3) is 3.47. The van der Waals surface area contributed by atoms with Crippen molar-refractivity contribution in [3.05, 3.63) is 75.5 Å². The van der Waals surface area contributed by atoms with Crippen LogP contribution < -0.4 is 0 Å². The number of carbonyl (C=O) groups is 1. The number of ether oxygens (including phenoxy) is 1. The number of nitrogens with zero attached hydrogens (tertiary/aromatic N) is 3. The van der Waals surface area contributed by atoms with E-state index in [4.69, 9.17) is 9.15 Å². The maximum atomic E-state index is 12.4. The highest BCUT2D eigenvalue weighted by Crippen LogP contribution is 2.28. The molecular weight excluding hydrogens is 382 g/mol. The monoisotopic (exact) mass is 395 g/mol. The van der Waals surface area contributed by atoms with Crippen LogP contribution in [0.5, 0.6) is 0 Å². The molecule has 0 saturated carbocycles. The molecule has 0 spiro atoms. The summed E-state index contributed by atoms with van der Waals surface area (Å²) < 4.78 is 12.0. The van der Waals surface area contributed by atoms with Gasteiger partial charge in [-0.2, -0.15) is 0 Å². The Labute approximate surface area is 162 Å². The molecule has 4 aromatic rings. The smallest absolute Gasteiger partial charge is 0.349 e. The van der Waals surface area contributed by atoms with Crippen LogP contribution in [0.3, 0.4) is 0 Å². The fraction of sp³-hybridized carbons (Fsp3) is 0.105. The number of benzene rings is 2. The zero-order chi connectivity index (χ0) is 19.7. The molecule has 0 N–H and O–H groups in total. The number of thiophene rings is 1. The summed E-state index contributed by atoms with van der Waals surface area (Å²) in [6, 6.07) is 15.2. The molecule has 4 rings (SSSR count). The second-order valence-electron chi connectivity index (χ2n) is 5.95. The molecule has 1 atom stereocenters. The Bertz CT molecular complexity index is 1130. The van der Waals surface area contributed by atoms with Gasteiger partial charge >= 0.3 is 5.97 Å². The van der Waals surface area contributed by atoms with Gasteiger partial charge in [0.1, 0.15) is 4.88 Å². The molecule has 0 unspecified atom stereocenters. The summed E-state index contributed by atoms with van der Waals surface area (Å²) in [5, 5.41) is 19.5. The molecule has 0 saturated heterocycles. The van der Waals surface area contributed by atoms with E-state index in [1.165, 1.54) is 35.6 Å². The molecule has 0 radical (unpaired) electrons. The maximum Gasteiger partial charge on any atom is 0.349 e. The lowest BCUT2D eigenvalue weighted by molar-refractivity contribution is -0.384. The van der Waals surface area contributed by atoms with Crippen molar-refractivity contribution >= 4 is 33.1 Å². The topological polar surface area (TPSA) is 108 Å². The number of nitro groups is 1. The molecule has 2 aromatic heterocycles. The second-order valence-corrected chi connectivity index (χ2v) is 7.03. The van der Waals surface area contributed by atoms with Crippen molar-refractivity contribution in [2.24, 2.45) is 0 Å². The quantitative estimate of drug-likeness (QED) is 0.272. The maximum absolute atomic E-state index is 12.4. The number of esters is 1. The number of aromatic nitrogens is 2. The molecule has 0 bridgehead atoms. The van der Waals surface area contributed by atoms with E-state index < -0.39 is 17.0 Å². The summed E-state index contributed by atoms with van der Waals surface area (Å²) in [4.78, 5) is 23.1. The summed E-state index contributed by atoms with van der Waals surface area (Å²) in [6.07, 6.45) is -0.739. The van der Waals surface area contributed by atoms with Crippen molar-refractivity contribution in [2.75, 3.05) is 0 Å². The number of hydrogen-bond donors (Lipinski definition) is 0. The standard InChI is InChI=1S/C19H13N3O5S/c1-11(26-19(23)16-10-13-4-2-3-5-15(13)28-16)17-20-21-18(27-17)12-6-8-14(9-7-12)22(24)25/h2-11H,1H3/t11-/m1/s1. The van der Waals surface area contributed by atoms with Gasteiger partial charge in [-0.1, -0.05) is 18.2 Å². The first kappa shape index (κ1) is 17.8. The average Bonchev–Trinajstić information content (AvgIpc) is 3.35. The van der Waals surface area contributed by atoms with Crippen molar-refractivity contribution in [1.82, 2.24) is 10.2 Å². The lowest BCUT2D eigenvalue weighted by Crippen LogP contribution is -2.08. The molecule has 2 heterocycles. The Balaban J connectivity index is 1.48. The zero-order valence-corrected chi connectivity index (χ0v) is 15.4. The summed E-state index contributed by atoms with van der Waals surface area (Å²) in [7, 11) is 0. The summed E-state index contributed by atoms with van der Waals surface area (Å²) >= 11 is 1.35. The molecule has 0 aliphatic rings. The minimum Gasteiger partial charge on any atom is -0.448 e. The van der Waals surface area contributed by atoms with Gasteiger partial charge in [-0.05, 0) is 36.6 Å². The second kappa shape index (κ2) is 7.20. The SMILES string of the molecule is C[C@@H](OC(=O)c1cc2ccccc2s1)c1nnc(-c2ccc([N+](=O)[O-])cc2)o1. The molecule has 0 aliphatic heterocycles. The van der Waals surface area contributed by atoms with Crippen LogP contribution in [0.1, 0.15) is 28.6 Å². The van der Waals surface area contributed by atoms with E-state index in [0.29, 0.717) is 10.4 Å². The Morgan fingerprint density at radius 1 is 1.18 bits per heavy atom. The number of hydrogen-bond acceptors (Lipinski definition) is 8. The van der Waals surface area contributed by atoms with Crippen molar-refractivity contribution < 1.29 is 18.9 Å². The van der Waals surface area contributed by atoms with E-state index in [9.17, 15) is 14.9 Å². The first-order valence-electron chi connectivity index (χ1n) is 8.29.